The molecule has 1 aromatic heterocycles. The number of ether oxygens (including phenoxy) is 2. The Kier molecular flexibility index (Phi) is 4.81. The normalized spacial score (nSPS) is 23.5. The summed E-state index contributed by atoms with van der Waals surface area (Å²) in [6.07, 6.45) is 2.00. The Balaban J connectivity index is 1.53. The van der Waals surface area contributed by atoms with Gasteiger partial charge in [-0.3, -0.25) is 4.79 Å². The van der Waals surface area contributed by atoms with Crippen LogP contribution in [0.2, 0.25) is 0 Å². The first-order chi connectivity index (χ1) is 14.1. The molecule has 158 valence electrons. The third-order valence-corrected chi connectivity index (χ3v) is 5.76. The van der Waals surface area contributed by atoms with E-state index >= 15 is 0 Å². The summed E-state index contributed by atoms with van der Waals surface area (Å²) in [5.74, 6) is 0.773. The third-order valence-electron chi connectivity index (χ3n) is 5.76. The number of benzene rings is 1. The lowest BCUT2D eigenvalue weighted by Gasteiger charge is -2.27. The highest BCUT2D eigenvalue weighted by Crippen LogP contribution is 2.44. The second-order valence-corrected chi connectivity index (χ2v) is 9.13. The Hall–Kier alpha value is -2.93. The fourth-order valence-corrected chi connectivity index (χ4v) is 3.84. The highest BCUT2D eigenvalue weighted by Gasteiger charge is 2.47. The lowest BCUT2D eigenvalue weighted by molar-refractivity contribution is -0.121. The number of carbonyl (C=O) groups excluding carboxylic acids is 2. The van der Waals surface area contributed by atoms with Crippen molar-refractivity contribution in [3.63, 3.8) is 0 Å². The van der Waals surface area contributed by atoms with Crippen LogP contribution in [-0.2, 0) is 16.1 Å². The third kappa shape index (κ3) is 3.43. The van der Waals surface area contributed by atoms with Crippen LogP contribution in [0.5, 0.6) is 11.6 Å². The van der Waals surface area contributed by atoms with Crippen molar-refractivity contribution in [3.8, 4) is 11.6 Å². The molecular formula is C23H27N3O4. The lowest BCUT2D eigenvalue weighted by atomic mass is 9.84. The predicted molar refractivity (Wildman–Crippen MR) is 112 cm³/mol. The maximum absolute atomic E-state index is 12.6. The monoisotopic (exact) mass is 409 g/mol. The fourth-order valence-electron chi connectivity index (χ4n) is 3.84. The van der Waals surface area contributed by atoms with Crippen LogP contribution in [0.15, 0.2) is 36.5 Å². The SMILES string of the molecule is CC[C@@]1(C)NC(=O)N(c2ccc(Oc3ccc4c(c3)C(C(C)(C)C)OC4)nc2)C1=O. The van der Waals surface area contributed by atoms with Gasteiger partial charge in [-0.25, -0.2) is 14.7 Å². The van der Waals surface area contributed by atoms with Crippen molar-refractivity contribution in [3.05, 3.63) is 47.7 Å². The Morgan fingerprint density at radius 2 is 2.03 bits per heavy atom. The number of urea groups is 1. The Morgan fingerprint density at radius 1 is 1.27 bits per heavy atom. The maximum atomic E-state index is 12.6. The molecule has 1 fully saturated rings. The number of hydrogen-bond donors (Lipinski definition) is 1. The second-order valence-electron chi connectivity index (χ2n) is 9.13. The molecule has 1 unspecified atom stereocenters. The first-order valence-electron chi connectivity index (χ1n) is 10.2. The number of anilines is 1. The molecule has 0 aliphatic carbocycles. The number of nitrogens with zero attached hydrogens (tertiary/aromatic N) is 2. The van der Waals surface area contributed by atoms with Crippen molar-refractivity contribution in [2.24, 2.45) is 5.41 Å². The summed E-state index contributed by atoms with van der Waals surface area (Å²) in [4.78, 5) is 30.3. The average Bonchev–Trinajstić information content (AvgIpc) is 3.21. The Labute approximate surface area is 176 Å². The van der Waals surface area contributed by atoms with E-state index in [9.17, 15) is 9.59 Å². The van der Waals surface area contributed by atoms with Gasteiger partial charge >= 0.3 is 6.03 Å². The van der Waals surface area contributed by atoms with Crippen molar-refractivity contribution < 1.29 is 19.1 Å². The zero-order chi connectivity index (χ0) is 21.7. The van der Waals surface area contributed by atoms with Gasteiger partial charge in [0.1, 0.15) is 11.3 Å². The summed E-state index contributed by atoms with van der Waals surface area (Å²) in [5.41, 5.74) is 1.82. The number of hydrogen-bond acceptors (Lipinski definition) is 5. The molecule has 0 radical (unpaired) electrons. The van der Waals surface area contributed by atoms with Crippen molar-refractivity contribution in [2.45, 2.75) is 59.3 Å². The largest absolute Gasteiger partial charge is 0.439 e. The number of aromatic nitrogens is 1. The van der Waals surface area contributed by atoms with Gasteiger partial charge in [-0.1, -0.05) is 33.8 Å². The minimum Gasteiger partial charge on any atom is -0.439 e. The van der Waals surface area contributed by atoms with Crippen molar-refractivity contribution >= 4 is 17.6 Å². The Morgan fingerprint density at radius 3 is 2.63 bits per heavy atom. The minimum atomic E-state index is -0.887. The molecule has 4 rings (SSSR count). The molecule has 0 saturated carbocycles. The minimum absolute atomic E-state index is 0.0129. The summed E-state index contributed by atoms with van der Waals surface area (Å²) in [6.45, 7) is 10.6. The molecule has 0 bridgehead atoms. The maximum Gasteiger partial charge on any atom is 0.329 e. The van der Waals surface area contributed by atoms with Crippen LogP contribution < -0.4 is 15.0 Å². The molecule has 2 aliphatic heterocycles. The molecule has 1 saturated heterocycles. The van der Waals surface area contributed by atoms with E-state index in [2.05, 4.69) is 31.1 Å². The molecule has 3 amide bonds. The zero-order valence-electron chi connectivity index (χ0n) is 18.0. The van der Waals surface area contributed by atoms with E-state index in [0.29, 0.717) is 30.3 Å². The number of amides is 3. The van der Waals surface area contributed by atoms with Crippen LogP contribution in [0, 0.1) is 5.41 Å². The van der Waals surface area contributed by atoms with Gasteiger partial charge < -0.3 is 14.8 Å². The van der Waals surface area contributed by atoms with Crippen LogP contribution in [0.25, 0.3) is 0 Å². The highest BCUT2D eigenvalue weighted by atomic mass is 16.5. The van der Waals surface area contributed by atoms with Gasteiger partial charge in [0, 0.05) is 6.07 Å². The van der Waals surface area contributed by atoms with Gasteiger partial charge in [-0.05, 0) is 48.1 Å². The van der Waals surface area contributed by atoms with Crippen LogP contribution in [0.1, 0.15) is 58.3 Å². The van der Waals surface area contributed by atoms with E-state index in [1.54, 1.807) is 19.1 Å². The first kappa shape index (κ1) is 20.3. The average molecular weight is 409 g/mol. The molecule has 30 heavy (non-hydrogen) atoms. The van der Waals surface area contributed by atoms with Gasteiger partial charge in [0.25, 0.3) is 5.91 Å². The van der Waals surface area contributed by atoms with E-state index < -0.39 is 11.6 Å². The number of pyridine rings is 1. The molecular weight excluding hydrogens is 382 g/mol. The summed E-state index contributed by atoms with van der Waals surface area (Å²) in [5, 5.41) is 2.74. The number of rotatable bonds is 4. The quantitative estimate of drug-likeness (QED) is 0.739. The molecule has 7 nitrogen and oxygen atoms in total. The summed E-state index contributed by atoms with van der Waals surface area (Å²) < 4.78 is 11.9. The van der Waals surface area contributed by atoms with Crippen molar-refractivity contribution in [1.82, 2.24) is 10.3 Å². The second kappa shape index (κ2) is 7.09. The fraction of sp³-hybridized carbons (Fsp3) is 0.435. The van der Waals surface area contributed by atoms with E-state index in [4.69, 9.17) is 9.47 Å². The van der Waals surface area contributed by atoms with Crippen LogP contribution in [-0.4, -0.2) is 22.5 Å². The summed E-state index contributed by atoms with van der Waals surface area (Å²) in [6, 6.07) is 8.79. The standard InChI is InChI=1S/C23H27N3O4/c1-6-23(5)20(27)26(21(28)25-23)15-8-10-18(24-12-15)30-16-9-7-14-13-29-19(17(14)11-16)22(2,3)4/h7-12,19H,6,13H2,1-5H3,(H,25,28)/t19?,23-/m1/s1. The smallest absolute Gasteiger partial charge is 0.329 e. The van der Waals surface area contributed by atoms with Gasteiger partial charge in [0.05, 0.1) is 24.6 Å². The first-order valence-corrected chi connectivity index (χ1v) is 10.2. The van der Waals surface area contributed by atoms with Gasteiger partial charge in [0.15, 0.2) is 0 Å². The zero-order valence-corrected chi connectivity index (χ0v) is 18.0. The number of fused-ring (bicyclic) bond motifs is 1. The Bertz CT molecular complexity index is 996. The van der Waals surface area contributed by atoms with E-state index in [1.807, 2.05) is 25.1 Å². The van der Waals surface area contributed by atoms with Crippen molar-refractivity contribution in [1.29, 1.82) is 0 Å². The molecule has 2 aliphatic rings. The number of carbonyl (C=O) groups is 2. The number of imide groups is 1. The van der Waals surface area contributed by atoms with E-state index in [0.717, 1.165) is 10.5 Å². The van der Waals surface area contributed by atoms with Gasteiger partial charge in [0.2, 0.25) is 5.88 Å². The van der Waals surface area contributed by atoms with Crippen LogP contribution in [0.4, 0.5) is 10.5 Å². The van der Waals surface area contributed by atoms with Crippen LogP contribution in [0.3, 0.4) is 0 Å². The molecule has 3 heterocycles. The lowest BCUT2D eigenvalue weighted by Crippen LogP contribution is -2.43. The van der Waals surface area contributed by atoms with Crippen molar-refractivity contribution in [2.75, 3.05) is 4.90 Å². The topological polar surface area (TPSA) is 80.8 Å². The molecule has 2 atom stereocenters. The summed E-state index contributed by atoms with van der Waals surface area (Å²) in [7, 11) is 0. The predicted octanol–water partition coefficient (Wildman–Crippen LogP) is 4.72. The van der Waals surface area contributed by atoms with Gasteiger partial charge in [-0.2, -0.15) is 0 Å². The molecule has 1 aromatic carbocycles. The molecule has 7 heteroatoms. The summed E-state index contributed by atoms with van der Waals surface area (Å²) >= 11 is 0. The van der Waals surface area contributed by atoms with Gasteiger partial charge in [-0.15, -0.1) is 0 Å². The molecule has 0 spiro atoms. The number of nitrogens with one attached hydrogen (secondary N) is 1. The molecule has 1 N–H and O–H groups in total. The van der Waals surface area contributed by atoms with Crippen LogP contribution >= 0.6 is 0 Å². The van der Waals surface area contributed by atoms with E-state index in [-0.39, 0.29) is 17.4 Å². The van der Waals surface area contributed by atoms with E-state index in [1.165, 1.54) is 11.8 Å². The molecule has 2 aromatic rings. The highest BCUT2D eigenvalue weighted by molar-refractivity contribution is 6.23.